The molecule has 1 aliphatic rings. The molecule has 1 fully saturated rings. The third kappa shape index (κ3) is 3.62. The third-order valence-electron chi connectivity index (χ3n) is 3.36. The van der Waals surface area contributed by atoms with Crippen LogP contribution in [0.15, 0.2) is 30.3 Å². The van der Waals surface area contributed by atoms with Gasteiger partial charge in [-0.05, 0) is 0 Å². The van der Waals surface area contributed by atoms with E-state index in [0.29, 0.717) is 19.6 Å². The van der Waals surface area contributed by atoms with E-state index in [1.54, 1.807) is 4.90 Å². The number of hydrogen-bond donors (Lipinski definition) is 1. The van der Waals surface area contributed by atoms with E-state index in [2.05, 4.69) is 4.90 Å². The summed E-state index contributed by atoms with van der Waals surface area (Å²) in [6, 6.07) is 9.29. The average molecular weight is 261 g/mol. The zero-order chi connectivity index (χ0) is 13.7. The largest absolute Gasteiger partial charge is 0.339 e. The number of nitrogens with zero attached hydrogens (tertiary/aromatic N) is 2. The van der Waals surface area contributed by atoms with Crippen LogP contribution in [0.4, 0.5) is 0 Å². The fourth-order valence-electron chi connectivity index (χ4n) is 2.20. The Morgan fingerprint density at radius 1 is 1.05 bits per heavy atom. The van der Waals surface area contributed by atoms with Crippen molar-refractivity contribution in [1.29, 1.82) is 0 Å². The highest BCUT2D eigenvalue weighted by Crippen LogP contribution is 2.05. The number of Topliss-reactive ketones (excluding diaryl/α,β-unsaturated/α-hetero) is 1. The van der Waals surface area contributed by atoms with E-state index in [0.717, 1.165) is 18.7 Å². The molecular weight excluding hydrogens is 242 g/mol. The number of ketones is 1. The van der Waals surface area contributed by atoms with E-state index >= 15 is 0 Å². The van der Waals surface area contributed by atoms with Gasteiger partial charge in [0.2, 0.25) is 5.91 Å². The van der Waals surface area contributed by atoms with Crippen molar-refractivity contribution in [2.45, 2.75) is 0 Å². The molecule has 1 aliphatic heterocycles. The molecule has 1 aromatic rings. The van der Waals surface area contributed by atoms with E-state index < -0.39 is 0 Å². The van der Waals surface area contributed by atoms with Crippen LogP contribution in [0, 0.1) is 0 Å². The first-order valence-electron chi connectivity index (χ1n) is 6.49. The third-order valence-corrected chi connectivity index (χ3v) is 3.36. The first kappa shape index (κ1) is 13.7. The first-order chi connectivity index (χ1) is 9.20. The van der Waals surface area contributed by atoms with E-state index in [1.165, 1.54) is 0 Å². The van der Waals surface area contributed by atoms with Crippen LogP contribution in [0.25, 0.3) is 0 Å². The van der Waals surface area contributed by atoms with Gasteiger partial charge < -0.3 is 10.6 Å². The summed E-state index contributed by atoms with van der Waals surface area (Å²) in [4.78, 5) is 27.3. The van der Waals surface area contributed by atoms with Gasteiger partial charge in [-0.25, -0.2) is 0 Å². The zero-order valence-corrected chi connectivity index (χ0v) is 10.9. The average Bonchev–Trinajstić information content (AvgIpc) is 2.48. The maximum absolute atomic E-state index is 12.0. The van der Waals surface area contributed by atoms with Crippen molar-refractivity contribution in [3.05, 3.63) is 35.9 Å². The molecule has 1 aromatic carbocycles. The van der Waals surface area contributed by atoms with Crippen molar-refractivity contribution < 1.29 is 9.59 Å². The summed E-state index contributed by atoms with van der Waals surface area (Å²) in [5.41, 5.74) is 6.07. The molecule has 2 N–H and O–H groups in total. The van der Waals surface area contributed by atoms with Crippen LogP contribution in [0.5, 0.6) is 0 Å². The molecule has 1 amide bonds. The Labute approximate surface area is 113 Å². The van der Waals surface area contributed by atoms with Crippen LogP contribution in [-0.4, -0.2) is 60.8 Å². The van der Waals surface area contributed by atoms with Crippen molar-refractivity contribution in [3.63, 3.8) is 0 Å². The molecule has 19 heavy (non-hydrogen) atoms. The van der Waals surface area contributed by atoms with Gasteiger partial charge >= 0.3 is 0 Å². The summed E-state index contributed by atoms with van der Waals surface area (Å²) in [6.45, 7) is 3.22. The van der Waals surface area contributed by atoms with Gasteiger partial charge in [0.15, 0.2) is 5.78 Å². The van der Waals surface area contributed by atoms with Crippen LogP contribution in [-0.2, 0) is 4.79 Å². The highest BCUT2D eigenvalue weighted by Gasteiger charge is 2.21. The van der Waals surface area contributed by atoms with Crippen molar-refractivity contribution in [3.8, 4) is 0 Å². The second kappa shape index (κ2) is 6.45. The second-order valence-electron chi connectivity index (χ2n) is 4.65. The van der Waals surface area contributed by atoms with E-state index in [4.69, 9.17) is 5.73 Å². The summed E-state index contributed by atoms with van der Waals surface area (Å²) < 4.78 is 0. The van der Waals surface area contributed by atoms with Crippen molar-refractivity contribution in [2.24, 2.45) is 5.73 Å². The van der Waals surface area contributed by atoms with Crippen LogP contribution < -0.4 is 5.73 Å². The van der Waals surface area contributed by atoms with E-state index in [9.17, 15) is 9.59 Å². The molecule has 0 saturated carbocycles. The lowest BCUT2D eigenvalue weighted by Crippen LogP contribution is -2.51. The zero-order valence-electron chi connectivity index (χ0n) is 10.9. The number of piperazine rings is 1. The molecule has 1 heterocycles. The maximum Gasteiger partial charge on any atom is 0.236 e. The SMILES string of the molecule is NCC(=O)N1CCN(CC(=O)c2ccccc2)CC1. The van der Waals surface area contributed by atoms with Crippen LogP contribution >= 0.6 is 0 Å². The summed E-state index contributed by atoms with van der Waals surface area (Å²) in [7, 11) is 0. The number of amides is 1. The minimum Gasteiger partial charge on any atom is -0.339 e. The van der Waals surface area contributed by atoms with Gasteiger partial charge in [-0.1, -0.05) is 30.3 Å². The lowest BCUT2D eigenvalue weighted by atomic mass is 10.1. The van der Waals surface area contributed by atoms with Crippen molar-refractivity contribution in [1.82, 2.24) is 9.80 Å². The molecule has 0 radical (unpaired) electrons. The Morgan fingerprint density at radius 3 is 2.26 bits per heavy atom. The fourth-order valence-corrected chi connectivity index (χ4v) is 2.20. The molecule has 1 saturated heterocycles. The van der Waals surface area contributed by atoms with Gasteiger partial charge in [0.1, 0.15) is 0 Å². The Kier molecular flexibility index (Phi) is 4.65. The molecule has 102 valence electrons. The van der Waals surface area contributed by atoms with Crippen molar-refractivity contribution >= 4 is 11.7 Å². The Balaban J connectivity index is 1.83. The van der Waals surface area contributed by atoms with Crippen LogP contribution in [0.3, 0.4) is 0 Å². The molecule has 5 heteroatoms. The normalized spacial score (nSPS) is 16.4. The van der Waals surface area contributed by atoms with E-state index in [-0.39, 0.29) is 18.2 Å². The lowest BCUT2D eigenvalue weighted by molar-refractivity contribution is -0.131. The van der Waals surface area contributed by atoms with Gasteiger partial charge in [-0.3, -0.25) is 14.5 Å². The minimum atomic E-state index is -0.0194. The number of carbonyl (C=O) groups is 2. The van der Waals surface area contributed by atoms with E-state index in [1.807, 2.05) is 30.3 Å². The van der Waals surface area contributed by atoms with Gasteiger partial charge in [0.05, 0.1) is 13.1 Å². The Morgan fingerprint density at radius 2 is 1.68 bits per heavy atom. The lowest BCUT2D eigenvalue weighted by Gasteiger charge is -2.34. The molecule has 0 atom stereocenters. The Bertz CT molecular complexity index is 439. The van der Waals surface area contributed by atoms with Crippen LogP contribution in [0.2, 0.25) is 0 Å². The first-order valence-corrected chi connectivity index (χ1v) is 6.49. The van der Waals surface area contributed by atoms with Gasteiger partial charge in [0, 0.05) is 31.7 Å². The second-order valence-corrected chi connectivity index (χ2v) is 4.65. The summed E-state index contributed by atoms with van der Waals surface area (Å²) >= 11 is 0. The number of rotatable bonds is 4. The highest BCUT2D eigenvalue weighted by molar-refractivity contribution is 5.97. The maximum atomic E-state index is 12.0. The molecule has 0 bridgehead atoms. The van der Waals surface area contributed by atoms with Gasteiger partial charge in [-0.15, -0.1) is 0 Å². The van der Waals surface area contributed by atoms with Crippen molar-refractivity contribution in [2.75, 3.05) is 39.3 Å². The monoisotopic (exact) mass is 261 g/mol. The van der Waals surface area contributed by atoms with Crippen LogP contribution in [0.1, 0.15) is 10.4 Å². The standard InChI is InChI=1S/C14H19N3O2/c15-10-14(19)17-8-6-16(7-9-17)11-13(18)12-4-2-1-3-5-12/h1-5H,6-11,15H2. The highest BCUT2D eigenvalue weighted by atomic mass is 16.2. The summed E-state index contributed by atoms with van der Waals surface area (Å²) in [6.07, 6.45) is 0. The number of hydrogen-bond acceptors (Lipinski definition) is 4. The summed E-state index contributed by atoms with van der Waals surface area (Å²) in [5, 5.41) is 0. The predicted molar refractivity (Wildman–Crippen MR) is 72.8 cm³/mol. The quantitative estimate of drug-likeness (QED) is 0.773. The smallest absolute Gasteiger partial charge is 0.236 e. The molecule has 2 rings (SSSR count). The fraction of sp³-hybridized carbons (Fsp3) is 0.429. The minimum absolute atomic E-state index is 0.0194. The van der Waals surface area contributed by atoms with Gasteiger partial charge in [-0.2, -0.15) is 0 Å². The van der Waals surface area contributed by atoms with Gasteiger partial charge in [0.25, 0.3) is 0 Å². The topological polar surface area (TPSA) is 66.6 Å². The number of benzene rings is 1. The summed E-state index contributed by atoms with van der Waals surface area (Å²) in [5.74, 6) is 0.105. The molecular formula is C14H19N3O2. The Hall–Kier alpha value is -1.72. The predicted octanol–water partition coefficient (Wildman–Crippen LogP) is -0.0278. The molecule has 0 aliphatic carbocycles. The molecule has 0 unspecified atom stereocenters. The molecule has 0 spiro atoms. The molecule has 0 aromatic heterocycles. The number of carbonyl (C=O) groups excluding carboxylic acids is 2. The molecule has 5 nitrogen and oxygen atoms in total. The number of nitrogens with two attached hydrogens (primary N) is 1.